The van der Waals surface area contributed by atoms with Gasteiger partial charge in [-0.2, -0.15) is 0 Å². The first kappa shape index (κ1) is 11.5. The Bertz CT molecular complexity index is 332. The first-order valence-electron chi connectivity index (χ1n) is 4.97. The van der Waals surface area contributed by atoms with Gasteiger partial charge in [0.2, 0.25) is 5.91 Å². The lowest BCUT2D eigenvalue weighted by Crippen LogP contribution is -2.23. The van der Waals surface area contributed by atoms with E-state index in [0.717, 1.165) is 11.5 Å². The van der Waals surface area contributed by atoms with E-state index >= 15 is 0 Å². The predicted octanol–water partition coefficient (Wildman–Crippen LogP) is 1.88. The minimum absolute atomic E-state index is 0.00127. The number of hydrogen-bond acceptors (Lipinski definition) is 3. The molecule has 1 amide bonds. The molecule has 0 fully saturated rings. The maximum atomic E-state index is 11.1. The number of hydrogen-bond donors (Lipinski definition) is 1. The van der Waals surface area contributed by atoms with Gasteiger partial charge >= 0.3 is 0 Å². The third kappa shape index (κ3) is 3.23. The fraction of sp³-hybridized carbons (Fsp3) is 0.455. The van der Waals surface area contributed by atoms with Crippen molar-refractivity contribution >= 4 is 17.4 Å². The van der Waals surface area contributed by atoms with Crippen LogP contribution in [0.4, 0.5) is 11.5 Å². The number of nitrogens with one attached hydrogen (secondary N) is 1. The van der Waals surface area contributed by atoms with Crippen molar-refractivity contribution in [3.05, 3.63) is 18.3 Å². The molecule has 0 aromatic carbocycles. The van der Waals surface area contributed by atoms with Crippen molar-refractivity contribution in [1.29, 1.82) is 0 Å². The molecule has 1 heterocycles. The highest BCUT2D eigenvalue weighted by Gasteiger charge is 2.05. The normalized spacial score (nSPS) is 10.2. The van der Waals surface area contributed by atoms with Gasteiger partial charge in [-0.1, -0.05) is 0 Å². The summed E-state index contributed by atoms with van der Waals surface area (Å²) in [4.78, 5) is 16.9. The van der Waals surface area contributed by atoms with E-state index in [1.165, 1.54) is 6.92 Å². The molecule has 15 heavy (non-hydrogen) atoms. The molecular formula is C11H17N3O. The summed E-state index contributed by atoms with van der Waals surface area (Å²) in [5, 5.41) is 3.19. The van der Waals surface area contributed by atoms with E-state index in [4.69, 9.17) is 0 Å². The molecule has 4 heteroatoms. The summed E-state index contributed by atoms with van der Waals surface area (Å²) < 4.78 is 0. The first-order valence-corrected chi connectivity index (χ1v) is 4.97. The average molecular weight is 207 g/mol. The maximum absolute atomic E-state index is 11.1. The SMILES string of the molecule is CC(=O)N(C)c1ccc(NC(C)C)nc1. The molecule has 0 saturated carbocycles. The molecule has 0 atom stereocenters. The van der Waals surface area contributed by atoms with Crippen LogP contribution in [-0.2, 0) is 4.79 Å². The highest BCUT2D eigenvalue weighted by atomic mass is 16.2. The van der Waals surface area contributed by atoms with Crippen molar-refractivity contribution in [1.82, 2.24) is 4.98 Å². The topological polar surface area (TPSA) is 45.2 Å². The van der Waals surface area contributed by atoms with E-state index < -0.39 is 0 Å². The van der Waals surface area contributed by atoms with Crippen LogP contribution in [0.25, 0.3) is 0 Å². The predicted molar refractivity (Wildman–Crippen MR) is 62.1 cm³/mol. The van der Waals surface area contributed by atoms with Crippen molar-refractivity contribution in [2.45, 2.75) is 26.8 Å². The van der Waals surface area contributed by atoms with Gasteiger partial charge in [-0.15, -0.1) is 0 Å². The molecule has 0 saturated heterocycles. The number of nitrogens with zero attached hydrogens (tertiary/aromatic N) is 2. The van der Waals surface area contributed by atoms with Crippen molar-refractivity contribution in [2.75, 3.05) is 17.3 Å². The molecule has 0 aliphatic carbocycles. The Morgan fingerprint density at radius 3 is 2.53 bits per heavy atom. The molecular weight excluding hydrogens is 190 g/mol. The van der Waals surface area contributed by atoms with Crippen molar-refractivity contribution in [3.8, 4) is 0 Å². The van der Waals surface area contributed by atoms with Gasteiger partial charge in [-0.05, 0) is 26.0 Å². The molecule has 4 nitrogen and oxygen atoms in total. The van der Waals surface area contributed by atoms with E-state index in [0.29, 0.717) is 6.04 Å². The van der Waals surface area contributed by atoms with Gasteiger partial charge in [0.1, 0.15) is 5.82 Å². The second-order valence-corrected chi connectivity index (χ2v) is 3.78. The number of carbonyl (C=O) groups is 1. The van der Waals surface area contributed by atoms with Gasteiger partial charge in [0.25, 0.3) is 0 Å². The van der Waals surface area contributed by atoms with Crippen molar-refractivity contribution in [3.63, 3.8) is 0 Å². The Balaban J connectivity index is 2.76. The summed E-state index contributed by atoms with van der Waals surface area (Å²) >= 11 is 0. The molecule has 0 aliphatic heterocycles. The largest absolute Gasteiger partial charge is 0.368 e. The highest BCUT2D eigenvalue weighted by molar-refractivity contribution is 5.90. The number of rotatable bonds is 3. The van der Waals surface area contributed by atoms with Gasteiger partial charge in [0.05, 0.1) is 11.9 Å². The lowest BCUT2D eigenvalue weighted by Gasteiger charge is -2.15. The molecule has 1 rings (SSSR count). The summed E-state index contributed by atoms with van der Waals surface area (Å²) in [5.74, 6) is 0.826. The second kappa shape index (κ2) is 4.77. The smallest absolute Gasteiger partial charge is 0.223 e. The summed E-state index contributed by atoms with van der Waals surface area (Å²) in [6.07, 6.45) is 1.69. The molecule has 1 aromatic heterocycles. The number of anilines is 2. The molecule has 82 valence electrons. The van der Waals surface area contributed by atoms with Gasteiger partial charge in [-0.25, -0.2) is 4.98 Å². The van der Waals surface area contributed by atoms with Crippen LogP contribution < -0.4 is 10.2 Å². The van der Waals surface area contributed by atoms with Crippen LogP contribution in [0.3, 0.4) is 0 Å². The van der Waals surface area contributed by atoms with Crippen LogP contribution in [0.15, 0.2) is 18.3 Å². The number of carbonyl (C=O) groups excluding carboxylic acids is 1. The number of amides is 1. The Labute approximate surface area is 90.3 Å². The number of aromatic nitrogens is 1. The third-order valence-corrected chi connectivity index (χ3v) is 2.04. The highest BCUT2D eigenvalue weighted by Crippen LogP contribution is 2.14. The lowest BCUT2D eigenvalue weighted by molar-refractivity contribution is -0.116. The molecule has 0 radical (unpaired) electrons. The van der Waals surface area contributed by atoms with Crippen molar-refractivity contribution < 1.29 is 4.79 Å². The van der Waals surface area contributed by atoms with Crippen LogP contribution >= 0.6 is 0 Å². The minimum Gasteiger partial charge on any atom is -0.368 e. The zero-order valence-electron chi connectivity index (χ0n) is 9.61. The molecule has 0 spiro atoms. The Hall–Kier alpha value is -1.58. The molecule has 0 aliphatic rings. The van der Waals surface area contributed by atoms with Gasteiger partial charge in [0, 0.05) is 20.0 Å². The molecule has 1 aromatic rings. The summed E-state index contributed by atoms with van der Waals surface area (Å²) in [7, 11) is 1.73. The van der Waals surface area contributed by atoms with Crippen LogP contribution in [0.5, 0.6) is 0 Å². The Kier molecular flexibility index (Phi) is 3.66. The summed E-state index contributed by atoms with van der Waals surface area (Å²) in [6, 6.07) is 4.10. The number of pyridine rings is 1. The maximum Gasteiger partial charge on any atom is 0.223 e. The van der Waals surface area contributed by atoms with Crippen LogP contribution in [0, 0.1) is 0 Å². The molecule has 0 unspecified atom stereocenters. The van der Waals surface area contributed by atoms with Crippen LogP contribution in [0.2, 0.25) is 0 Å². The van der Waals surface area contributed by atoms with E-state index in [2.05, 4.69) is 24.1 Å². The van der Waals surface area contributed by atoms with Crippen molar-refractivity contribution in [2.24, 2.45) is 0 Å². The van der Waals surface area contributed by atoms with Crippen LogP contribution in [0.1, 0.15) is 20.8 Å². The fourth-order valence-corrected chi connectivity index (χ4v) is 1.15. The Morgan fingerprint density at radius 2 is 2.13 bits per heavy atom. The van der Waals surface area contributed by atoms with E-state index in [1.807, 2.05) is 12.1 Å². The van der Waals surface area contributed by atoms with Gasteiger partial charge < -0.3 is 10.2 Å². The minimum atomic E-state index is 0.00127. The second-order valence-electron chi connectivity index (χ2n) is 3.78. The standard InChI is InChI=1S/C11H17N3O/c1-8(2)13-11-6-5-10(7-12-11)14(4)9(3)15/h5-8H,1-4H3,(H,12,13). The zero-order valence-corrected chi connectivity index (χ0v) is 9.61. The summed E-state index contributed by atoms with van der Waals surface area (Å²) in [6.45, 7) is 5.63. The van der Waals surface area contributed by atoms with E-state index in [9.17, 15) is 4.79 Å². The first-order chi connectivity index (χ1) is 7.00. The lowest BCUT2D eigenvalue weighted by atomic mass is 10.3. The quantitative estimate of drug-likeness (QED) is 0.823. The summed E-state index contributed by atoms with van der Waals surface area (Å²) in [5.41, 5.74) is 0.803. The fourth-order valence-electron chi connectivity index (χ4n) is 1.15. The zero-order chi connectivity index (χ0) is 11.4. The van der Waals surface area contributed by atoms with E-state index in [-0.39, 0.29) is 5.91 Å². The molecule has 1 N–H and O–H groups in total. The van der Waals surface area contributed by atoms with Gasteiger partial charge in [-0.3, -0.25) is 4.79 Å². The van der Waals surface area contributed by atoms with Gasteiger partial charge in [0.15, 0.2) is 0 Å². The third-order valence-electron chi connectivity index (χ3n) is 2.04. The average Bonchev–Trinajstić information content (AvgIpc) is 2.17. The van der Waals surface area contributed by atoms with Crippen LogP contribution in [-0.4, -0.2) is 24.0 Å². The Morgan fingerprint density at radius 1 is 1.47 bits per heavy atom. The molecule has 0 bridgehead atoms. The monoisotopic (exact) mass is 207 g/mol. The van der Waals surface area contributed by atoms with E-state index in [1.54, 1.807) is 18.1 Å².